The second-order valence-corrected chi connectivity index (χ2v) is 2.59. The van der Waals surface area contributed by atoms with Crippen LogP contribution in [0.3, 0.4) is 0 Å². The minimum atomic E-state index is -0.951. The van der Waals surface area contributed by atoms with Crippen molar-refractivity contribution in [3.8, 4) is 0 Å². The molecule has 0 saturated heterocycles. The summed E-state index contributed by atoms with van der Waals surface area (Å²) < 4.78 is 4.92. The van der Waals surface area contributed by atoms with Crippen molar-refractivity contribution >= 4 is 0 Å². The summed E-state index contributed by atoms with van der Waals surface area (Å²) in [4.78, 5) is 0. The topological polar surface area (TPSA) is 65.6 Å². The van der Waals surface area contributed by atoms with E-state index in [1.54, 1.807) is 19.2 Å². The molecule has 2 unspecified atom stereocenters. The van der Waals surface area contributed by atoms with Gasteiger partial charge < -0.3 is 19.9 Å². The number of rotatable bonds is 4. The molecule has 0 spiro atoms. The second-order valence-electron chi connectivity index (χ2n) is 2.59. The minimum Gasteiger partial charge on any atom is -0.466 e. The maximum atomic E-state index is 9.43. The number of hydrogen-bond donors (Lipinski definition) is 3. The minimum absolute atomic E-state index is 0.335. The Bertz CT molecular complexity index is 210. The predicted molar refractivity (Wildman–Crippen MR) is 43.6 cm³/mol. The molecule has 68 valence electrons. The van der Waals surface area contributed by atoms with Crippen molar-refractivity contribution in [2.75, 3.05) is 13.6 Å². The van der Waals surface area contributed by atoms with Crippen LogP contribution in [0.25, 0.3) is 0 Å². The van der Waals surface area contributed by atoms with Crippen LogP contribution < -0.4 is 5.32 Å². The average Bonchev–Trinajstić information content (AvgIpc) is 2.55. The normalized spacial score (nSPS) is 15.9. The molecule has 0 aromatic carbocycles. The summed E-state index contributed by atoms with van der Waals surface area (Å²) in [5, 5.41) is 21.5. The zero-order valence-electron chi connectivity index (χ0n) is 6.90. The average molecular weight is 171 g/mol. The van der Waals surface area contributed by atoms with Gasteiger partial charge in [0.2, 0.25) is 0 Å². The Balaban J connectivity index is 2.53. The molecule has 3 N–H and O–H groups in total. The largest absolute Gasteiger partial charge is 0.466 e. The van der Waals surface area contributed by atoms with Crippen LogP contribution in [0.2, 0.25) is 0 Å². The van der Waals surface area contributed by atoms with E-state index < -0.39 is 12.2 Å². The second kappa shape index (κ2) is 4.25. The number of aliphatic hydroxyl groups is 2. The SMILES string of the molecule is CNCC(O)C(O)c1ccco1. The molecule has 0 fully saturated rings. The summed E-state index contributed by atoms with van der Waals surface area (Å²) in [5.41, 5.74) is 0. The van der Waals surface area contributed by atoms with Gasteiger partial charge in [-0.05, 0) is 19.2 Å². The Kier molecular flexibility index (Phi) is 3.28. The lowest BCUT2D eigenvalue weighted by atomic mass is 10.1. The van der Waals surface area contributed by atoms with Crippen molar-refractivity contribution in [2.45, 2.75) is 12.2 Å². The molecular formula is C8H13NO3. The molecule has 0 bridgehead atoms. The Morgan fingerprint density at radius 1 is 1.58 bits per heavy atom. The van der Waals surface area contributed by atoms with Gasteiger partial charge in [-0.15, -0.1) is 0 Å². The molecule has 1 aromatic rings. The summed E-state index contributed by atoms with van der Waals surface area (Å²) in [6.45, 7) is 0.335. The quantitative estimate of drug-likeness (QED) is 0.591. The highest BCUT2D eigenvalue weighted by molar-refractivity contribution is 5.03. The van der Waals surface area contributed by atoms with Crippen molar-refractivity contribution in [2.24, 2.45) is 0 Å². The molecule has 0 amide bonds. The fraction of sp³-hybridized carbons (Fsp3) is 0.500. The van der Waals surface area contributed by atoms with Gasteiger partial charge in [0.05, 0.1) is 12.4 Å². The van der Waals surface area contributed by atoms with Gasteiger partial charge in [0, 0.05) is 6.54 Å². The highest BCUT2D eigenvalue weighted by Gasteiger charge is 2.19. The van der Waals surface area contributed by atoms with E-state index in [1.807, 2.05) is 0 Å². The smallest absolute Gasteiger partial charge is 0.139 e. The van der Waals surface area contributed by atoms with Gasteiger partial charge in [-0.25, -0.2) is 0 Å². The lowest BCUT2D eigenvalue weighted by Crippen LogP contribution is -2.29. The van der Waals surface area contributed by atoms with Crippen LogP contribution in [0, 0.1) is 0 Å². The molecule has 1 aromatic heterocycles. The summed E-state index contributed by atoms with van der Waals surface area (Å²) in [6, 6.07) is 3.30. The summed E-state index contributed by atoms with van der Waals surface area (Å²) in [5.74, 6) is 0.387. The standard InChI is InChI=1S/C8H13NO3/c1-9-5-6(10)8(11)7-3-2-4-12-7/h2-4,6,8-11H,5H2,1H3. The third-order valence-corrected chi connectivity index (χ3v) is 1.61. The van der Waals surface area contributed by atoms with E-state index in [-0.39, 0.29) is 0 Å². The third kappa shape index (κ3) is 2.07. The van der Waals surface area contributed by atoms with Gasteiger partial charge in [0.15, 0.2) is 0 Å². The Morgan fingerprint density at radius 3 is 2.83 bits per heavy atom. The molecule has 0 saturated carbocycles. The van der Waals surface area contributed by atoms with Crippen molar-refractivity contribution in [3.05, 3.63) is 24.2 Å². The lowest BCUT2D eigenvalue weighted by Gasteiger charge is -2.14. The first-order valence-corrected chi connectivity index (χ1v) is 3.80. The molecular weight excluding hydrogens is 158 g/mol. The van der Waals surface area contributed by atoms with E-state index in [0.29, 0.717) is 12.3 Å². The number of likely N-dealkylation sites (N-methyl/N-ethyl adjacent to an activating group) is 1. The Morgan fingerprint density at radius 2 is 2.33 bits per heavy atom. The van der Waals surface area contributed by atoms with Crippen molar-refractivity contribution in [3.63, 3.8) is 0 Å². The van der Waals surface area contributed by atoms with Gasteiger partial charge >= 0.3 is 0 Å². The molecule has 1 rings (SSSR count). The number of nitrogens with one attached hydrogen (secondary N) is 1. The fourth-order valence-corrected chi connectivity index (χ4v) is 0.970. The van der Waals surface area contributed by atoms with E-state index in [1.165, 1.54) is 6.26 Å². The molecule has 0 aliphatic rings. The van der Waals surface area contributed by atoms with E-state index in [4.69, 9.17) is 4.42 Å². The zero-order valence-corrected chi connectivity index (χ0v) is 6.90. The van der Waals surface area contributed by atoms with Gasteiger partial charge in [0.25, 0.3) is 0 Å². The maximum absolute atomic E-state index is 9.43. The zero-order chi connectivity index (χ0) is 8.97. The predicted octanol–water partition coefficient (Wildman–Crippen LogP) is -0.107. The summed E-state index contributed by atoms with van der Waals surface area (Å²) >= 11 is 0. The first-order valence-electron chi connectivity index (χ1n) is 3.80. The molecule has 4 heteroatoms. The van der Waals surface area contributed by atoms with Crippen molar-refractivity contribution < 1.29 is 14.6 Å². The molecule has 4 nitrogen and oxygen atoms in total. The van der Waals surface area contributed by atoms with Crippen LogP contribution in [0.4, 0.5) is 0 Å². The number of furan rings is 1. The summed E-state index contributed by atoms with van der Waals surface area (Å²) in [6.07, 6.45) is -0.321. The van der Waals surface area contributed by atoms with E-state index in [9.17, 15) is 10.2 Å². The van der Waals surface area contributed by atoms with E-state index >= 15 is 0 Å². The van der Waals surface area contributed by atoms with Crippen molar-refractivity contribution in [1.29, 1.82) is 0 Å². The van der Waals surface area contributed by atoms with Gasteiger partial charge in [-0.2, -0.15) is 0 Å². The third-order valence-electron chi connectivity index (χ3n) is 1.61. The molecule has 0 radical (unpaired) electrons. The fourth-order valence-electron chi connectivity index (χ4n) is 0.970. The van der Waals surface area contributed by atoms with Crippen LogP contribution >= 0.6 is 0 Å². The molecule has 0 aliphatic carbocycles. The van der Waals surface area contributed by atoms with E-state index in [2.05, 4.69) is 5.32 Å². The highest BCUT2D eigenvalue weighted by atomic mass is 16.4. The summed E-state index contributed by atoms with van der Waals surface area (Å²) in [7, 11) is 1.71. The number of hydrogen-bond acceptors (Lipinski definition) is 4. The van der Waals surface area contributed by atoms with Crippen LogP contribution in [0.1, 0.15) is 11.9 Å². The first kappa shape index (κ1) is 9.25. The number of aliphatic hydroxyl groups excluding tert-OH is 2. The molecule has 2 atom stereocenters. The molecule has 12 heavy (non-hydrogen) atoms. The van der Waals surface area contributed by atoms with E-state index in [0.717, 1.165) is 0 Å². The van der Waals surface area contributed by atoms with Gasteiger partial charge in [0.1, 0.15) is 11.9 Å². The Labute approximate surface area is 70.8 Å². The van der Waals surface area contributed by atoms with Gasteiger partial charge in [-0.1, -0.05) is 0 Å². The van der Waals surface area contributed by atoms with Crippen LogP contribution in [-0.4, -0.2) is 29.9 Å². The van der Waals surface area contributed by atoms with Crippen LogP contribution in [-0.2, 0) is 0 Å². The van der Waals surface area contributed by atoms with Crippen LogP contribution in [0.15, 0.2) is 22.8 Å². The highest BCUT2D eigenvalue weighted by Crippen LogP contribution is 2.16. The van der Waals surface area contributed by atoms with Gasteiger partial charge in [-0.3, -0.25) is 0 Å². The monoisotopic (exact) mass is 171 g/mol. The first-order chi connectivity index (χ1) is 5.75. The van der Waals surface area contributed by atoms with Crippen molar-refractivity contribution in [1.82, 2.24) is 5.32 Å². The molecule has 0 aliphatic heterocycles. The Hall–Kier alpha value is -0.840. The maximum Gasteiger partial charge on any atom is 0.139 e. The lowest BCUT2D eigenvalue weighted by molar-refractivity contribution is 0.00738. The molecule has 1 heterocycles. The van der Waals surface area contributed by atoms with Crippen LogP contribution in [0.5, 0.6) is 0 Å².